The van der Waals surface area contributed by atoms with Gasteiger partial charge in [-0.3, -0.25) is 4.79 Å². The van der Waals surface area contributed by atoms with Crippen LogP contribution >= 0.6 is 27.3 Å². The number of nitrogens with one attached hydrogen (secondary N) is 1. The minimum absolute atomic E-state index is 0.0413. The topological polar surface area (TPSA) is 32.3 Å². The number of anilines is 2. The predicted molar refractivity (Wildman–Crippen MR) is 92.6 cm³/mol. The van der Waals surface area contributed by atoms with E-state index >= 15 is 0 Å². The highest BCUT2D eigenvalue weighted by atomic mass is 79.9. The predicted octanol–water partition coefficient (Wildman–Crippen LogP) is 4.67. The second kappa shape index (κ2) is 6.20. The molecule has 5 heteroatoms. The lowest BCUT2D eigenvalue weighted by molar-refractivity contribution is 0.103. The Morgan fingerprint density at radius 2 is 2.00 bits per heavy atom. The summed E-state index contributed by atoms with van der Waals surface area (Å²) >= 11 is 4.94. The first-order valence-electron chi connectivity index (χ1n) is 7.06. The van der Waals surface area contributed by atoms with Gasteiger partial charge in [-0.2, -0.15) is 0 Å². The number of amides is 1. The smallest absolute Gasteiger partial charge is 0.265 e. The Labute approximate surface area is 137 Å². The quantitative estimate of drug-likeness (QED) is 0.857. The van der Waals surface area contributed by atoms with Crippen LogP contribution in [0.5, 0.6) is 0 Å². The highest BCUT2D eigenvalue weighted by molar-refractivity contribution is 9.11. The van der Waals surface area contributed by atoms with Crippen LogP contribution in [0.1, 0.15) is 28.1 Å². The summed E-state index contributed by atoms with van der Waals surface area (Å²) in [5.41, 5.74) is 3.11. The number of para-hydroxylation sites is 2. The maximum atomic E-state index is 12.4. The zero-order chi connectivity index (χ0) is 14.8. The van der Waals surface area contributed by atoms with Crippen LogP contribution in [0, 0.1) is 6.92 Å². The third-order valence-electron chi connectivity index (χ3n) is 3.68. The SMILES string of the molecule is Cc1cc(C(=O)Nc2ccccc2N2CCCC2)sc1Br. The molecule has 1 N–H and O–H groups in total. The van der Waals surface area contributed by atoms with Gasteiger partial charge in [-0.05, 0) is 59.5 Å². The molecular weight excluding hydrogens is 348 g/mol. The average Bonchev–Trinajstić information content (AvgIpc) is 3.10. The first-order valence-corrected chi connectivity index (χ1v) is 8.67. The molecule has 1 amide bonds. The van der Waals surface area contributed by atoms with Crippen molar-refractivity contribution in [3.63, 3.8) is 0 Å². The molecule has 0 unspecified atom stereocenters. The molecule has 0 atom stereocenters. The first-order chi connectivity index (χ1) is 10.1. The number of thiophene rings is 1. The molecule has 0 saturated carbocycles. The van der Waals surface area contributed by atoms with Crippen LogP contribution in [0.15, 0.2) is 34.1 Å². The summed E-state index contributed by atoms with van der Waals surface area (Å²) in [6.45, 7) is 4.13. The lowest BCUT2D eigenvalue weighted by atomic mass is 10.2. The Hall–Kier alpha value is -1.33. The Morgan fingerprint density at radius 1 is 1.29 bits per heavy atom. The third kappa shape index (κ3) is 3.14. The zero-order valence-corrected chi connectivity index (χ0v) is 14.3. The molecule has 110 valence electrons. The molecule has 1 aromatic carbocycles. The van der Waals surface area contributed by atoms with Gasteiger partial charge in [0.1, 0.15) is 0 Å². The van der Waals surface area contributed by atoms with Crippen molar-refractivity contribution in [1.29, 1.82) is 0 Å². The van der Waals surface area contributed by atoms with Gasteiger partial charge in [-0.1, -0.05) is 12.1 Å². The van der Waals surface area contributed by atoms with Crippen LogP contribution in [0.25, 0.3) is 0 Å². The molecule has 0 radical (unpaired) electrons. The van der Waals surface area contributed by atoms with E-state index in [2.05, 4.69) is 32.2 Å². The maximum absolute atomic E-state index is 12.4. The number of hydrogen-bond donors (Lipinski definition) is 1. The molecule has 0 bridgehead atoms. The van der Waals surface area contributed by atoms with Crippen LogP contribution in [0.3, 0.4) is 0 Å². The minimum Gasteiger partial charge on any atom is -0.370 e. The average molecular weight is 365 g/mol. The molecule has 3 nitrogen and oxygen atoms in total. The molecule has 21 heavy (non-hydrogen) atoms. The molecule has 0 aliphatic carbocycles. The van der Waals surface area contributed by atoms with E-state index in [1.165, 1.54) is 24.2 Å². The van der Waals surface area contributed by atoms with Crippen LogP contribution in [-0.4, -0.2) is 19.0 Å². The lowest BCUT2D eigenvalue weighted by Crippen LogP contribution is -2.20. The fourth-order valence-corrected chi connectivity index (χ4v) is 4.00. The Bertz CT molecular complexity index is 643. The summed E-state index contributed by atoms with van der Waals surface area (Å²) in [5.74, 6) is -0.0413. The van der Waals surface area contributed by atoms with Crippen LogP contribution in [-0.2, 0) is 0 Å². The fraction of sp³-hybridized carbons (Fsp3) is 0.312. The highest BCUT2D eigenvalue weighted by Crippen LogP contribution is 2.31. The van der Waals surface area contributed by atoms with E-state index in [-0.39, 0.29) is 5.91 Å². The zero-order valence-electron chi connectivity index (χ0n) is 11.9. The van der Waals surface area contributed by atoms with E-state index in [0.29, 0.717) is 0 Å². The number of carbonyl (C=O) groups excluding carboxylic acids is 1. The molecule has 1 saturated heterocycles. The van der Waals surface area contributed by atoms with E-state index in [1.807, 2.05) is 31.2 Å². The van der Waals surface area contributed by atoms with Crippen LogP contribution in [0.2, 0.25) is 0 Å². The van der Waals surface area contributed by atoms with Crippen molar-refractivity contribution in [2.24, 2.45) is 0 Å². The van der Waals surface area contributed by atoms with Gasteiger partial charge in [0.05, 0.1) is 20.0 Å². The van der Waals surface area contributed by atoms with Crippen molar-refractivity contribution in [3.05, 3.63) is 44.6 Å². The van der Waals surface area contributed by atoms with Crippen molar-refractivity contribution in [2.45, 2.75) is 19.8 Å². The van der Waals surface area contributed by atoms with Gasteiger partial charge < -0.3 is 10.2 Å². The highest BCUT2D eigenvalue weighted by Gasteiger charge is 2.18. The number of halogens is 1. The van der Waals surface area contributed by atoms with Gasteiger partial charge in [-0.15, -0.1) is 11.3 Å². The molecule has 1 aliphatic rings. The van der Waals surface area contributed by atoms with Gasteiger partial charge in [-0.25, -0.2) is 0 Å². The summed E-state index contributed by atoms with van der Waals surface area (Å²) in [5, 5.41) is 3.05. The van der Waals surface area contributed by atoms with Crippen molar-refractivity contribution < 1.29 is 4.79 Å². The van der Waals surface area contributed by atoms with Gasteiger partial charge >= 0.3 is 0 Å². The van der Waals surface area contributed by atoms with Gasteiger partial charge in [0, 0.05) is 13.1 Å². The Kier molecular flexibility index (Phi) is 4.31. The van der Waals surface area contributed by atoms with E-state index in [0.717, 1.165) is 38.7 Å². The summed E-state index contributed by atoms with van der Waals surface area (Å²) in [6.07, 6.45) is 2.44. The summed E-state index contributed by atoms with van der Waals surface area (Å²) in [6, 6.07) is 9.96. The Balaban J connectivity index is 1.82. The fourth-order valence-electron chi connectivity index (χ4n) is 2.57. The Morgan fingerprint density at radius 3 is 2.67 bits per heavy atom. The second-order valence-corrected chi connectivity index (χ2v) is 7.60. The van der Waals surface area contributed by atoms with E-state index < -0.39 is 0 Å². The van der Waals surface area contributed by atoms with Crippen molar-refractivity contribution >= 4 is 44.5 Å². The van der Waals surface area contributed by atoms with Gasteiger partial charge in [0.25, 0.3) is 5.91 Å². The molecule has 1 aromatic heterocycles. The third-order valence-corrected chi connectivity index (χ3v) is 5.82. The molecular formula is C16H17BrN2OS. The summed E-state index contributed by atoms with van der Waals surface area (Å²) < 4.78 is 1.01. The van der Waals surface area contributed by atoms with Crippen molar-refractivity contribution in [2.75, 3.05) is 23.3 Å². The maximum Gasteiger partial charge on any atom is 0.265 e. The first kappa shape index (κ1) is 14.6. The number of nitrogens with zero attached hydrogens (tertiary/aromatic N) is 1. The lowest BCUT2D eigenvalue weighted by Gasteiger charge is -2.21. The summed E-state index contributed by atoms with van der Waals surface area (Å²) in [7, 11) is 0. The molecule has 1 fully saturated rings. The molecule has 2 heterocycles. The van der Waals surface area contributed by atoms with Gasteiger partial charge in [0.2, 0.25) is 0 Å². The van der Waals surface area contributed by atoms with E-state index in [9.17, 15) is 4.79 Å². The molecule has 3 rings (SSSR count). The van der Waals surface area contributed by atoms with E-state index in [4.69, 9.17) is 0 Å². The number of aryl methyl sites for hydroxylation is 1. The largest absolute Gasteiger partial charge is 0.370 e. The van der Waals surface area contributed by atoms with Gasteiger partial charge in [0.15, 0.2) is 0 Å². The second-order valence-electron chi connectivity index (χ2n) is 5.23. The number of benzene rings is 1. The summed E-state index contributed by atoms with van der Waals surface area (Å²) in [4.78, 5) is 15.5. The normalized spacial score (nSPS) is 14.5. The number of hydrogen-bond acceptors (Lipinski definition) is 3. The van der Waals surface area contributed by atoms with Crippen molar-refractivity contribution in [1.82, 2.24) is 0 Å². The monoisotopic (exact) mass is 364 g/mol. The molecule has 1 aliphatic heterocycles. The standard InChI is InChI=1S/C16H17BrN2OS/c1-11-10-14(21-15(11)17)16(20)18-12-6-2-3-7-13(12)19-8-4-5-9-19/h2-3,6-7,10H,4-5,8-9H2,1H3,(H,18,20). The van der Waals surface area contributed by atoms with Crippen LogP contribution < -0.4 is 10.2 Å². The molecule has 0 spiro atoms. The number of carbonyl (C=O) groups is 1. The molecule has 2 aromatic rings. The minimum atomic E-state index is -0.0413. The number of rotatable bonds is 3. The van der Waals surface area contributed by atoms with E-state index in [1.54, 1.807) is 0 Å². The van der Waals surface area contributed by atoms with Crippen LogP contribution in [0.4, 0.5) is 11.4 Å². The van der Waals surface area contributed by atoms with Crippen molar-refractivity contribution in [3.8, 4) is 0 Å².